The Hall–Kier alpha value is -4.56. The summed E-state index contributed by atoms with van der Waals surface area (Å²) in [4.78, 5) is 34.6. The van der Waals surface area contributed by atoms with Gasteiger partial charge in [-0.2, -0.15) is 13.2 Å². The van der Waals surface area contributed by atoms with Gasteiger partial charge in [-0.05, 0) is 30.7 Å². The second-order valence-electron chi connectivity index (χ2n) is 8.08. The number of nitrogen functional groups attached to an aromatic ring is 1. The number of aliphatic carboxylic acids is 1. The number of anilines is 4. The number of thiophene rings is 1. The van der Waals surface area contributed by atoms with Crippen molar-refractivity contribution >= 4 is 78.8 Å². The lowest BCUT2D eigenvalue weighted by molar-refractivity contribution is -0.192. The van der Waals surface area contributed by atoms with Crippen molar-refractivity contribution in [2.45, 2.75) is 13.1 Å². The van der Waals surface area contributed by atoms with Crippen LogP contribution in [0.5, 0.6) is 0 Å². The molecule has 206 valence electrons. The van der Waals surface area contributed by atoms with E-state index in [1.54, 1.807) is 29.8 Å². The van der Waals surface area contributed by atoms with E-state index >= 15 is 0 Å². The van der Waals surface area contributed by atoms with Gasteiger partial charge >= 0.3 is 12.1 Å². The number of amides is 1. The summed E-state index contributed by atoms with van der Waals surface area (Å²) in [7, 11) is 0. The minimum Gasteiger partial charge on any atom is -0.475 e. The van der Waals surface area contributed by atoms with Crippen molar-refractivity contribution in [3.05, 3.63) is 76.3 Å². The zero-order valence-electron chi connectivity index (χ0n) is 20.2. The highest BCUT2D eigenvalue weighted by atomic mass is 35.5. The first kappa shape index (κ1) is 28.4. The number of fused-ring (bicyclic) bond motifs is 2. The van der Waals surface area contributed by atoms with Crippen LogP contribution in [0.25, 0.3) is 21.0 Å². The number of nitrogens with one attached hydrogen (secondary N) is 2. The zero-order chi connectivity index (χ0) is 29.2. The van der Waals surface area contributed by atoms with Gasteiger partial charge in [0.25, 0.3) is 5.91 Å². The van der Waals surface area contributed by atoms with E-state index in [0.717, 1.165) is 10.9 Å². The molecule has 2 aromatic carbocycles. The summed E-state index contributed by atoms with van der Waals surface area (Å²) in [6.07, 6.45) is -2.15. The maximum absolute atomic E-state index is 14.4. The Kier molecular flexibility index (Phi) is 8.02. The average Bonchev–Trinajstić information content (AvgIpc) is 3.34. The first-order valence-electron chi connectivity index (χ1n) is 11.1. The molecule has 0 saturated carbocycles. The molecule has 3 heterocycles. The number of alkyl halides is 3. The molecule has 0 aliphatic rings. The molecule has 0 atom stereocenters. The van der Waals surface area contributed by atoms with Crippen LogP contribution in [0, 0.1) is 12.7 Å². The third kappa shape index (κ3) is 5.87. The van der Waals surface area contributed by atoms with Gasteiger partial charge in [-0.1, -0.05) is 29.8 Å². The normalized spacial score (nSPS) is 11.2. The SMILES string of the molecule is Cc1ccc2c(Nc3cccc(Cl)c3F)nccc2c1NC(=O)c1csc2c(N)ncnc12.O=C(O)C(F)(F)F. The van der Waals surface area contributed by atoms with Crippen molar-refractivity contribution < 1.29 is 32.3 Å². The van der Waals surface area contributed by atoms with Crippen molar-refractivity contribution in [2.24, 2.45) is 0 Å². The number of rotatable bonds is 4. The minimum absolute atomic E-state index is 0.0106. The number of nitrogens with zero attached hydrogens (tertiary/aromatic N) is 3. The Balaban J connectivity index is 0.000000470. The van der Waals surface area contributed by atoms with Gasteiger partial charge in [0.05, 0.1) is 32.2 Å². The van der Waals surface area contributed by atoms with E-state index in [4.69, 9.17) is 27.2 Å². The van der Waals surface area contributed by atoms with E-state index in [-0.39, 0.29) is 16.6 Å². The summed E-state index contributed by atoms with van der Waals surface area (Å²) in [6.45, 7) is 1.89. The van der Waals surface area contributed by atoms with Crippen molar-refractivity contribution in [1.82, 2.24) is 15.0 Å². The smallest absolute Gasteiger partial charge is 0.475 e. The van der Waals surface area contributed by atoms with Crippen molar-refractivity contribution in [3.8, 4) is 0 Å². The van der Waals surface area contributed by atoms with Gasteiger partial charge in [0, 0.05) is 22.3 Å². The van der Waals surface area contributed by atoms with E-state index in [2.05, 4.69) is 25.6 Å². The predicted octanol–water partition coefficient (Wildman–Crippen LogP) is 6.55. The fourth-order valence-electron chi connectivity index (χ4n) is 3.57. The maximum atomic E-state index is 14.4. The van der Waals surface area contributed by atoms with Gasteiger partial charge in [-0.25, -0.2) is 24.1 Å². The standard InChI is InChI=1S/C23H16ClFN6OS.C2HF3O2/c1-11-5-6-13-12(7-8-27-22(13)30-16-4-2-3-15(24)17(16)25)18(11)31-23(32)14-9-33-20-19(14)28-10-29-21(20)26;3-2(4,5)1(6)7/h2-10H,1H3,(H,27,30)(H,31,32)(H2,26,28,29);(H,6,7). The monoisotopic (exact) mass is 592 g/mol. The number of nitrogens with two attached hydrogens (primary N) is 1. The number of pyridine rings is 1. The molecule has 3 aromatic heterocycles. The number of benzene rings is 2. The summed E-state index contributed by atoms with van der Waals surface area (Å²) in [5, 5.41) is 16.3. The van der Waals surface area contributed by atoms with Crippen LogP contribution in [0.15, 0.2) is 54.3 Å². The van der Waals surface area contributed by atoms with Crippen molar-refractivity contribution in [3.63, 3.8) is 0 Å². The average molecular weight is 593 g/mol. The third-order valence-electron chi connectivity index (χ3n) is 5.47. The molecule has 0 bridgehead atoms. The van der Waals surface area contributed by atoms with Crippen LogP contribution in [0.2, 0.25) is 5.02 Å². The number of carboxylic acid groups (broad SMARTS) is 1. The number of halogens is 5. The Labute approximate surface area is 231 Å². The summed E-state index contributed by atoms with van der Waals surface area (Å²) in [6, 6.07) is 10.2. The van der Waals surface area contributed by atoms with Crippen molar-refractivity contribution in [2.75, 3.05) is 16.4 Å². The Bertz CT molecular complexity index is 1760. The maximum Gasteiger partial charge on any atom is 0.490 e. The fourth-order valence-corrected chi connectivity index (χ4v) is 4.65. The highest BCUT2D eigenvalue weighted by Crippen LogP contribution is 2.34. The number of hydrogen-bond donors (Lipinski definition) is 4. The van der Waals surface area contributed by atoms with Gasteiger partial charge in [-0.15, -0.1) is 11.3 Å². The molecule has 40 heavy (non-hydrogen) atoms. The lowest BCUT2D eigenvalue weighted by atomic mass is 10.0. The topological polar surface area (TPSA) is 143 Å². The van der Waals surface area contributed by atoms with Gasteiger partial charge in [0.2, 0.25) is 0 Å². The molecule has 5 N–H and O–H groups in total. The predicted molar refractivity (Wildman–Crippen MR) is 145 cm³/mol. The first-order chi connectivity index (χ1) is 18.9. The molecule has 0 saturated heterocycles. The molecular weight excluding hydrogens is 576 g/mol. The lowest BCUT2D eigenvalue weighted by Gasteiger charge is -2.15. The molecule has 0 aliphatic carbocycles. The van der Waals surface area contributed by atoms with Crippen LogP contribution in [0.3, 0.4) is 0 Å². The number of aryl methyl sites for hydroxylation is 1. The van der Waals surface area contributed by atoms with Crippen LogP contribution in [-0.4, -0.2) is 38.1 Å². The van der Waals surface area contributed by atoms with Crippen LogP contribution in [0.1, 0.15) is 15.9 Å². The summed E-state index contributed by atoms with van der Waals surface area (Å²) in [5.74, 6) is -2.87. The quantitative estimate of drug-likeness (QED) is 0.172. The summed E-state index contributed by atoms with van der Waals surface area (Å²) in [5.41, 5.74) is 8.50. The second-order valence-corrected chi connectivity index (χ2v) is 9.37. The molecule has 15 heteroatoms. The molecule has 9 nitrogen and oxygen atoms in total. The van der Waals surface area contributed by atoms with Crippen LogP contribution in [0.4, 0.5) is 40.6 Å². The number of aromatic nitrogens is 3. The summed E-state index contributed by atoms with van der Waals surface area (Å²) >= 11 is 7.22. The molecule has 5 aromatic rings. The van der Waals surface area contributed by atoms with E-state index in [1.165, 1.54) is 23.7 Å². The fraction of sp³-hybridized carbons (Fsp3) is 0.0800. The van der Waals surface area contributed by atoms with E-state index in [0.29, 0.717) is 38.5 Å². The van der Waals surface area contributed by atoms with Crippen LogP contribution >= 0.6 is 22.9 Å². The Morgan fingerprint density at radius 2 is 1.80 bits per heavy atom. The van der Waals surface area contributed by atoms with E-state index < -0.39 is 18.0 Å². The molecule has 5 rings (SSSR count). The number of carboxylic acids is 1. The molecular formula is C25H17ClF4N6O3S. The minimum atomic E-state index is -5.08. The molecule has 0 aliphatic heterocycles. The molecule has 0 radical (unpaired) electrons. The van der Waals surface area contributed by atoms with E-state index in [1.807, 2.05) is 19.1 Å². The highest BCUT2D eigenvalue weighted by Gasteiger charge is 2.38. The second kappa shape index (κ2) is 11.3. The first-order valence-corrected chi connectivity index (χ1v) is 12.3. The lowest BCUT2D eigenvalue weighted by Crippen LogP contribution is -2.21. The summed E-state index contributed by atoms with van der Waals surface area (Å²) < 4.78 is 46.8. The zero-order valence-corrected chi connectivity index (χ0v) is 21.7. The largest absolute Gasteiger partial charge is 0.490 e. The molecule has 0 unspecified atom stereocenters. The van der Waals surface area contributed by atoms with Gasteiger partial charge in [0.15, 0.2) is 5.82 Å². The number of carbonyl (C=O) groups is 2. The number of carbonyl (C=O) groups excluding carboxylic acids is 1. The third-order valence-corrected chi connectivity index (χ3v) is 6.75. The van der Waals surface area contributed by atoms with Crippen molar-refractivity contribution in [1.29, 1.82) is 0 Å². The van der Waals surface area contributed by atoms with Gasteiger partial charge in [-0.3, -0.25) is 4.79 Å². The van der Waals surface area contributed by atoms with E-state index in [9.17, 15) is 22.4 Å². The Morgan fingerprint density at radius 3 is 2.50 bits per heavy atom. The number of hydrogen-bond acceptors (Lipinski definition) is 8. The molecule has 0 fully saturated rings. The molecule has 0 spiro atoms. The van der Waals surface area contributed by atoms with Gasteiger partial charge < -0.3 is 21.5 Å². The molecule has 1 amide bonds. The highest BCUT2D eigenvalue weighted by molar-refractivity contribution is 7.18. The van der Waals surface area contributed by atoms with Crippen LogP contribution < -0.4 is 16.4 Å². The Morgan fingerprint density at radius 1 is 1.07 bits per heavy atom. The van der Waals surface area contributed by atoms with Crippen LogP contribution in [-0.2, 0) is 4.79 Å². The van der Waals surface area contributed by atoms with Gasteiger partial charge in [0.1, 0.15) is 18.0 Å².